The first-order valence-corrected chi connectivity index (χ1v) is 9.53. The quantitative estimate of drug-likeness (QED) is 0.729. The Morgan fingerprint density at radius 3 is 2.60 bits per heavy atom. The van der Waals surface area contributed by atoms with Crippen molar-refractivity contribution < 1.29 is 12.8 Å². The first kappa shape index (κ1) is 17.6. The van der Waals surface area contributed by atoms with Gasteiger partial charge in [-0.3, -0.25) is 0 Å². The van der Waals surface area contributed by atoms with E-state index < -0.39 is 10.0 Å². The molecule has 1 aromatic rings. The number of sulfonamides is 1. The van der Waals surface area contributed by atoms with Crippen LogP contribution in [0.3, 0.4) is 0 Å². The molecule has 0 bridgehead atoms. The van der Waals surface area contributed by atoms with Crippen molar-refractivity contribution >= 4 is 21.8 Å². The van der Waals surface area contributed by atoms with Crippen molar-refractivity contribution in [3.05, 3.63) is 17.9 Å². The molecule has 1 atom stereocenters. The van der Waals surface area contributed by atoms with Crippen molar-refractivity contribution in [1.82, 2.24) is 10.0 Å². The van der Waals surface area contributed by atoms with Gasteiger partial charge in [0.25, 0.3) is 10.0 Å². The highest BCUT2D eigenvalue weighted by molar-refractivity contribution is 7.98. The van der Waals surface area contributed by atoms with Gasteiger partial charge in [-0.1, -0.05) is 20.8 Å². The van der Waals surface area contributed by atoms with Crippen LogP contribution in [0, 0.1) is 5.92 Å². The van der Waals surface area contributed by atoms with Crippen LogP contribution < -0.4 is 10.0 Å². The van der Waals surface area contributed by atoms with E-state index in [1.165, 1.54) is 6.07 Å². The largest absolute Gasteiger partial charge is 0.447 e. The fourth-order valence-corrected chi connectivity index (χ4v) is 3.37. The Morgan fingerprint density at radius 2 is 2.00 bits per heavy atom. The molecule has 0 aliphatic rings. The van der Waals surface area contributed by atoms with Crippen LogP contribution in [-0.4, -0.2) is 33.0 Å². The minimum Gasteiger partial charge on any atom is -0.447 e. The second kappa shape index (κ2) is 8.07. The summed E-state index contributed by atoms with van der Waals surface area (Å²) in [6, 6.07) is 3.51. The molecule has 1 aromatic heterocycles. The number of rotatable bonds is 9. The second-order valence-electron chi connectivity index (χ2n) is 5.17. The van der Waals surface area contributed by atoms with E-state index in [0.29, 0.717) is 24.9 Å². The highest BCUT2D eigenvalue weighted by atomic mass is 32.2. The van der Waals surface area contributed by atoms with E-state index in [9.17, 15) is 8.42 Å². The zero-order valence-corrected chi connectivity index (χ0v) is 14.1. The first-order chi connectivity index (χ1) is 9.35. The van der Waals surface area contributed by atoms with Gasteiger partial charge in [0.15, 0.2) is 0 Å². The fraction of sp³-hybridized carbons (Fsp3) is 0.692. The Kier molecular flexibility index (Phi) is 7.08. The molecule has 0 aliphatic carbocycles. The summed E-state index contributed by atoms with van der Waals surface area (Å²) in [5, 5.41) is 3.16. The van der Waals surface area contributed by atoms with Crippen LogP contribution in [-0.2, 0) is 16.6 Å². The lowest BCUT2D eigenvalue weighted by atomic mass is 10.2. The molecule has 7 heteroatoms. The van der Waals surface area contributed by atoms with Crippen LogP contribution in [0.2, 0.25) is 0 Å². The third kappa shape index (κ3) is 5.87. The van der Waals surface area contributed by atoms with Crippen molar-refractivity contribution in [2.75, 3.05) is 18.6 Å². The molecule has 0 amide bonds. The maximum Gasteiger partial charge on any atom is 0.273 e. The van der Waals surface area contributed by atoms with Crippen molar-refractivity contribution in [2.24, 2.45) is 5.92 Å². The van der Waals surface area contributed by atoms with Crippen molar-refractivity contribution in [3.8, 4) is 0 Å². The molecule has 1 heterocycles. The Balaban J connectivity index is 2.59. The Bertz CT molecular complexity index is 497. The summed E-state index contributed by atoms with van der Waals surface area (Å²) >= 11 is 1.70. The number of furan rings is 1. The van der Waals surface area contributed by atoms with E-state index in [2.05, 4.69) is 10.0 Å². The van der Waals surface area contributed by atoms with Crippen molar-refractivity contribution in [2.45, 2.75) is 38.5 Å². The van der Waals surface area contributed by atoms with Gasteiger partial charge in [0.2, 0.25) is 5.09 Å². The average molecular weight is 320 g/mol. The fourth-order valence-electron chi connectivity index (χ4n) is 1.57. The molecule has 0 saturated carbocycles. The summed E-state index contributed by atoms with van der Waals surface area (Å²) in [5.41, 5.74) is 0. The van der Waals surface area contributed by atoms with E-state index in [1.54, 1.807) is 17.8 Å². The molecule has 0 aliphatic heterocycles. The lowest BCUT2D eigenvalue weighted by Crippen LogP contribution is -2.29. The van der Waals surface area contributed by atoms with Gasteiger partial charge in [-0.05, 0) is 30.1 Å². The summed E-state index contributed by atoms with van der Waals surface area (Å²) in [5.74, 6) is 1.83. The lowest BCUT2D eigenvalue weighted by molar-refractivity contribution is 0.392. The zero-order valence-electron chi connectivity index (χ0n) is 12.5. The van der Waals surface area contributed by atoms with Gasteiger partial charge in [-0.25, -0.2) is 13.1 Å². The van der Waals surface area contributed by atoms with Crippen molar-refractivity contribution in [3.63, 3.8) is 0 Å². The summed E-state index contributed by atoms with van der Waals surface area (Å²) in [7, 11) is -3.55. The molecule has 1 unspecified atom stereocenters. The smallest absolute Gasteiger partial charge is 0.273 e. The summed E-state index contributed by atoms with van der Waals surface area (Å²) in [4.78, 5) is 0. The van der Waals surface area contributed by atoms with Gasteiger partial charge < -0.3 is 9.73 Å². The molecule has 20 heavy (non-hydrogen) atoms. The van der Waals surface area contributed by atoms with E-state index in [4.69, 9.17) is 4.42 Å². The number of hydrogen-bond acceptors (Lipinski definition) is 5. The Hall–Kier alpha value is -0.500. The van der Waals surface area contributed by atoms with Crippen LogP contribution in [0.25, 0.3) is 0 Å². The maximum absolute atomic E-state index is 12.1. The minimum absolute atomic E-state index is 0.0191. The molecule has 0 aromatic carbocycles. The van der Waals surface area contributed by atoms with Crippen LogP contribution >= 0.6 is 11.8 Å². The molecule has 1 rings (SSSR count). The Morgan fingerprint density at radius 1 is 1.30 bits per heavy atom. The highest BCUT2D eigenvalue weighted by Crippen LogP contribution is 2.14. The molecule has 0 spiro atoms. The second-order valence-corrected chi connectivity index (χ2v) is 7.78. The molecule has 0 fully saturated rings. The lowest BCUT2D eigenvalue weighted by Gasteiger charge is -2.10. The Labute approximate surface area is 125 Å². The molecular formula is C13H24N2O3S2. The highest BCUT2D eigenvalue weighted by Gasteiger charge is 2.19. The summed E-state index contributed by atoms with van der Waals surface area (Å²) in [6.45, 7) is 7.00. The van der Waals surface area contributed by atoms with Crippen LogP contribution in [0.15, 0.2) is 21.6 Å². The van der Waals surface area contributed by atoms with Gasteiger partial charge >= 0.3 is 0 Å². The van der Waals surface area contributed by atoms with E-state index in [0.717, 1.165) is 5.75 Å². The van der Waals surface area contributed by atoms with E-state index >= 15 is 0 Å². The monoisotopic (exact) mass is 320 g/mol. The summed E-state index contributed by atoms with van der Waals surface area (Å²) in [6.07, 6.45) is 2.01. The van der Waals surface area contributed by atoms with E-state index in [1.807, 2.05) is 27.0 Å². The summed E-state index contributed by atoms with van der Waals surface area (Å²) < 4.78 is 32.1. The average Bonchev–Trinajstić information content (AvgIpc) is 2.84. The number of thioether (sulfide) groups is 1. The molecular weight excluding hydrogens is 296 g/mol. The van der Waals surface area contributed by atoms with E-state index in [-0.39, 0.29) is 11.0 Å². The van der Waals surface area contributed by atoms with Crippen LogP contribution in [0.4, 0.5) is 0 Å². The predicted octanol–water partition coefficient (Wildman–Crippen LogP) is 2.05. The zero-order chi connectivity index (χ0) is 15.2. The first-order valence-electron chi connectivity index (χ1n) is 6.66. The minimum atomic E-state index is -3.55. The third-order valence-electron chi connectivity index (χ3n) is 2.66. The van der Waals surface area contributed by atoms with Crippen LogP contribution in [0.5, 0.6) is 0 Å². The van der Waals surface area contributed by atoms with Crippen LogP contribution in [0.1, 0.15) is 26.5 Å². The standard InChI is InChI=1S/C13H24N2O3S2/c1-10(2)14-8-12-5-6-13(18-12)20(16,17)15-7-11(3)9-19-4/h5-6,10-11,14-15H,7-9H2,1-4H3. The third-order valence-corrected chi connectivity index (χ3v) is 4.86. The van der Waals surface area contributed by atoms with Gasteiger partial charge in [0, 0.05) is 12.6 Å². The topological polar surface area (TPSA) is 71.3 Å². The van der Waals surface area contributed by atoms with Gasteiger partial charge in [-0.2, -0.15) is 11.8 Å². The molecule has 5 nitrogen and oxygen atoms in total. The maximum atomic E-state index is 12.1. The molecule has 116 valence electrons. The molecule has 2 N–H and O–H groups in total. The van der Waals surface area contributed by atoms with Gasteiger partial charge in [0.05, 0.1) is 6.54 Å². The SMILES string of the molecule is CSCC(C)CNS(=O)(=O)c1ccc(CNC(C)C)o1. The molecule has 0 saturated heterocycles. The van der Waals surface area contributed by atoms with Gasteiger partial charge in [-0.15, -0.1) is 0 Å². The van der Waals surface area contributed by atoms with Gasteiger partial charge in [0.1, 0.15) is 5.76 Å². The normalized spacial score (nSPS) is 13.8. The number of hydrogen-bond donors (Lipinski definition) is 2. The van der Waals surface area contributed by atoms with Crippen molar-refractivity contribution in [1.29, 1.82) is 0 Å². The molecule has 0 radical (unpaired) electrons. The number of nitrogens with one attached hydrogen (secondary N) is 2. The predicted molar refractivity (Wildman–Crippen MR) is 83.4 cm³/mol.